The standard InChI is InChI=1S/C22H14BrClF3N5O2/c1-28-20(33)13-9-11-5-2-3-6-12(11)17(23)18(13)30-21(34)15-10-16(22(25,26)27)31-32(15)19-14(24)7-4-8-29-19/h2-10H,1H3,(H,28,33)(H,30,34). The molecular weight excluding hydrogens is 539 g/mol. The molecule has 0 fully saturated rings. The number of pyridine rings is 1. The minimum atomic E-state index is -4.82. The minimum absolute atomic E-state index is 0.00805. The number of fused-ring (bicyclic) bond motifs is 1. The van der Waals surface area contributed by atoms with Crippen LogP contribution in [0.4, 0.5) is 18.9 Å². The highest BCUT2D eigenvalue weighted by molar-refractivity contribution is 9.10. The first-order valence-electron chi connectivity index (χ1n) is 9.64. The molecule has 0 aliphatic heterocycles. The number of nitrogens with one attached hydrogen (secondary N) is 2. The van der Waals surface area contributed by atoms with E-state index in [1.54, 1.807) is 30.3 Å². The Morgan fingerprint density at radius 1 is 1.09 bits per heavy atom. The van der Waals surface area contributed by atoms with Crippen molar-refractivity contribution in [1.29, 1.82) is 0 Å². The van der Waals surface area contributed by atoms with Crippen LogP contribution in [0.3, 0.4) is 0 Å². The Balaban J connectivity index is 1.87. The zero-order valence-electron chi connectivity index (χ0n) is 17.2. The second-order valence-electron chi connectivity index (χ2n) is 7.00. The van der Waals surface area contributed by atoms with Gasteiger partial charge in [-0.3, -0.25) is 9.59 Å². The van der Waals surface area contributed by atoms with Crippen molar-refractivity contribution < 1.29 is 22.8 Å². The molecule has 2 aromatic heterocycles. The molecule has 2 heterocycles. The molecule has 0 saturated heterocycles. The van der Waals surface area contributed by atoms with Crippen LogP contribution in [0.2, 0.25) is 5.02 Å². The number of carbonyl (C=O) groups excluding carboxylic acids is 2. The van der Waals surface area contributed by atoms with E-state index in [1.807, 2.05) is 0 Å². The number of benzene rings is 2. The molecule has 0 aliphatic carbocycles. The molecule has 0 spiro atoms. The Kier molecular flexibility index (Phi) is 6.32. The van der Waals surface area contributed by atoms with E-state index < -0.39 is 29.4 Å². The van der Waals surface area contributed by atoms with Gasteiger partial charge in [0.2, 0.25) is 0 Å². The normalized spacial score (nSPS) is 11.5. The van der Waals surface area contributed by atoms with Gasteiger partial charge in [-0.15, -0.1) is 0 Å². The van der Waals surface area contributed by atoms with Crippen LogP contribution in [0.1, 0.15) is 26.5 Å². The van der Waals surface area contributed by atoms with Gasteiger partial charge >= 0.3 is 6.18 Å². The van der Waals surface area contributed by atoms with E-state index in [1.165, 1.54) is 25.4 Å². The summed E-state index contributed by atoms with van der Waals surface area (Å²) in [5, 5.41) is 9.95. The second-order valence-corrected chi connectivity index (χ2v) is 8.20. The highest BCUT2D eigenvalue weighted by Crippen LogP contribution is 2.36. The maximum atomic E-state index is 13.4. The zero-order valence-corrected chi connectivity index (χ0v) is 19.6. The summed E-state index contributed by atoms with van der Waals surface area (Å²) < 4.78 is 41.4. The van der Waals surface area contributed by atoms with Crippen LogP contribution >= 0.6 is 27.5 Å². The number of hydrogen-bond acceptors (Lipinski definition) is 4. The molecule has 0 aliphatic rings. The molecule has 4 rings (SSSR count). The molecule has 0 bridgehead atoms. The molecule has 0 saturated carbocycles. The molecule has 34 heavy (non-hydrogen) atoms. The molecule has 2 aromatic carbocycles. The van der Waals surface area contributed by atoms with Gasteiger partial charge in [-0.05, 0) is 44.9 Å². The predicted molar refractivity (Wildman–Crippen MR) is 124 cm³/mol. The average molecular weight is 553 g/mol. The minimum Gasteiger partial charge on any atom is -0.355 e. The van der Waals surface area contributed by atoms with E-state index in [4.69, 9.17) is 11.6 Å². The van der Waals surface area contributed by atoms with Crippen LogP contribution < -0.4 is 10.6 Å². The number of nitrogens with zero attached hydrogens (tertiary/aromatic N) is 3. The van der Waals surface area contributed by atoms with Crippen molar-refractivity contribution in [3.8, 4) is 5.82 Å². The van der Waals surface area contributed by atoms with E-state index in [2.05, 4.69) is 36.6 Å². The zero-order chi connectivity index (χ0) is 24.6. The summed E-state index contributed by atoms with van der Waals surface area (Å²) in [6, 6.07) is 12.2. The van der Waals surface area contributed by atoms with Crippen molar-refractivity contribution in [3.05, 3.63) is 81.2 Å². The van der Waals surface area contributed by atoms with Crippen LogP contribution in [-0.4, -0.2) is 33.6 Å². The topological polar surface area (TPSA) is 88.9 Å². The van der Waals surface area contributed by atoms with E-state index >= 15 is 0 Å². The average Bonchev–Trinajstić information content (AvgIpc) is 3.26. The highest BCUT2D eigenvalue weighted by Gasteiger charge is 2.37. The van der Waals surface area contributed by atoms with Gasteiger partial charge in [-0.2, -0.15) is 18.3 Å². The lowest BCUT2D eigenvalue weighted by atomic mass is 10.0. The predicted octanol–water partition coefficient (Wildman–Crippen LogP) is 5.47. The van der Waals surface area contributed by atoms with Crippen LogP contribution in [0.25, 0.3) is 16.6 Å². The molecule has 174 valence electrons. The second kappa shape index (κ2) is 9.07. The summed E-state index contributed by atoms with van der Waals surface area (Å²) in [5.41, 5.74) is -1.59. The van der Waals surface area contributed by atoms with Crippen LogP contribution in [0, 0.1) is 0 Å². The first-order chi connectivity index (χ1) is 16.1. The monoisotopic (exact) mass is 551 g/mol. The molecule has 12 heteroatoms. The molecule has 0 atom stereocenters. The molecular formula is C22H14BrClF3N5O2. The Bertz CT molecular complexity index is 1440. The number of anilines is 1. The van der Waals surface area contributed by atoms with Crippen LogP contribution in [0.5, 0.6) is 0 Å². The van der Waals surface area contributed by atoms with Crippen molar-refractivity contribution in [3.63, 3.8) is 0 Å². The first-order valence-corrected chi connectivity index (χ1v) is 10.8. The third kappa shape index (κ3) is 4.36. The van der Waals surface area contributed by atoms with E-state index in [0.717, 1.165) is 10.1 Å². The molecule has 0 radical (unpaired) electrons. The van der Waals surface area contributed by atoms with E-state index in [0.29, 0.717) is 15.9 Å². The van der Waals surface area contributed by atoms with Crippen molar-refractivity contribution in [2.45, 2.75) is 6.18 Å². The highest BCUT2D eigenvalue weighted by atomic mass is 79.9. The van der Waals surface area contributed by atoms with E-state index in [9.17, 15) is 22.8 Å². The van der Waals surface area contributed by atoms with Gasteiger partial charge in [0, 0.05) is 23.8 Å². The lowest BCUT2D eigenvalue weighted by Gasteiger charge is -2.15. The Morgan fingerprint density at radius 2 is 1.82 bits per heavy atom. The summed E-state index contributed by atoms with van der Waals surface area (Å²) in [4.78, 5) is 29.7. The summed E-state index contributed by atoms with van der Waals surface area (Å²) in [7, 11) is 1.42. The van der Waals surface area contributed by atoms with Crippen LogP contribution in [0.15, 0.2) is 59.2 Å². The number of halogens is 5. The summed E-state index contributed by atoms with van der Waals surface area (Å²) in [6.07, 6.45) is -3.51. The van der Waals surface area contributed by atoms with Gasteiger partial charge in [0.15, 0.2) is 11.5 Å². The Labute approximate surface area is 204 Å². The largest absolute Gasteiger partial charge is 0.435 e. The van der Waals surface area contributed by atoms with Gasteiger partial charge < -0.3 is 10.6 Å². The SMILES string of the molecule is CNC(=O)c1cc2ccccc2c(Br)c1NC(=O)c1cc(C(F)(F)F)nn1-c1ncccc1Cl. The van der Waals surface area contributed by atoms with Crippen molar-refractivity contribution in [1.82, 2.24) is 20.1 Å². The van der Waals surface area contributed by atoms with Crippen molar-refractivity contribution >= 4 is 55.8 Å². The number of hydrogen-bond donors (Lipinski definition) is 2. The number of carbonyl (C=O) groups is 2. The fourth-order valence-corrected chi connectivity index (χ4v) is 4.17. The van der Waals surface area contributed by atoms with Gasteiger partial charge in [-0.1, -0.05) is 35.9 Å². The number of amides is 2. The van der Waals surface area contributed by atoms with Gasteiger partial charge in [0.25, 0.3) is 11.8 Å². The third-order valence-electron chi connectivity index (χ3n) is 4.87. The molecule has 7 nitrogen and oxygen atoms in total. The fourth-order valence-electron chi connectivity index (χ4n) is 3.29. The lowest BCUT2D eigenvalue weighted by molar-refractivity contribution is -0.141. The summed E-state index contributed by atoms with van der Waals surface area (Å²) in [6.45, 7) is 0. The van der Waals surface area contributed by atoms with Crippen LogP contribution in [-0.2, 0) is 6.18 Å². The Morgan fingerprint density at radius 3 is 2.50 bits per heavy atom. The fraction of sp³-hybridized carbons (Fsp3) is 0.0909. The number of alkyl halides is 3. The lowest BCUT2D eigenvalue weighted by Crippen LogP contribution is -2.23. The maximum Gasteiger partial charge on any atom is 0.435 e. The first kappa shape index (κ1) is 23.7. The molecule has 0 unspecified atom stereocenters. The summed E-state index contributed by atoms with van der Waals surface area (Å²) in [5.74, 6) is -1.61. The maximum absolute atomic E-state index is 13.4. The smallest absolute Gasteiger partial charge is 0.355 e. The molecule has 4 aromatic rings. The number of rotatable bonds is 4. The van der Waals surface area contributed by atoms with Crippen molar-refractivity contribution in [2.75, 3.05) is 12.4 Å². The van der Waals surface area contributed by atoms with Gasteiger partial charge in [0.05, 0.1) is 16.3 Å². The Hall–Kier alpha value is -3.44. The number of aromatic nitrogens is 3. The summed E-state index contributed by atoms with van der Waals surface area (Å²) >= 11 is 9.51. The van der Waals surface area contributed by atoms with E-state index in [-0.39, 0.29) is 22.1 Å². The van der Waals surface area contributed by atoms with Gasteiger partial charge in [0.1, 0.15) is 5.69 Å². The van der Waals surface area contributed by atoms with Crippen molar-refractivity contribution in [2.24, 2.45) is 0 Å². The molecule has 2 N–H and O–H groups in total. The quantitative estimate of drug-likeness (QED) is 0.352. The third-order valence-corrected chi connectivity index (χ3v) is 5.99. The van der Waals surface area contributed by atoms with Gasteiger partial charge in [-0.25, -0.2) is 9.67 Å². The molecule has 2 amide bonds.